The Morgan fingerprint density at radius 2 is 2.22 bits per heavy atom. The predicted octanol–water partition coefficient (Wildman–Crippen LogP) is 0.688. The molecule has 0 N–H and O–H groups in total. The number of nitro groups is 1. The SMILES string of the molecule is CC(C)OCC[N+](=O)[O-]. The van der Waals surface area contributed by atoms with E-state index in [1.165, 1.54) is 0 Å². The van der Waals surface area contributed by atoms with E-state index in [4.69, 9.17) is 4.74 Å². The van der Waals surface area contributed by atoms with Gasteiger partial charge < -0.3 is 4.74 Å². The van der Waals surface area contributed by atoms with Gasteiger partial charge in [-0.15, -0.1) is 0 Å². The Kier molecular flexibility index (Phi) is 3.96. The van der Waals surface area contributed by atoms with Gasteiger partial charge in [0.1, 0.15) is 6.61 Å². The van der Waals surface area contributed by atoms with Gasteiger partial charge in [-0.05, 0) is 13.8 Å². The average molecular weight is 133 g/mol. The first-order valence-corrected chi connectivity index (χ1v) is 2.86. The Bertz CT molecular complexity index is 92.2. The maximum Gasteiger partial charge on any atom is 0.226 e. The molecule has 0 aliphatic heterocycles. The first kappa shape index (κ1) is 8.36. The standard InChI is InChI=1S/C5H11NO3/c1-5(2)9-4-3-6(7)8/h5H,3-4H2,1-2H3. The number of nitrogens with zero attached hydrogens (tertiary/aromatic N) is 1. The molecule has 0 spiro atoms. The highest BCUT2D eigenvalue weighted by atomic mass is 16.6. The van der Waals surface area contributed by atoms with Crippen molar-refractivity contribution in [1.29, 1.82) is 0 Å². The number of hydrogen-bond donors (Lipinski definition) is 0. The van der Waals surface area contributed by atoms with Gasteiger partial charge >= 0.3 is 0 Å². The molecule has 0 aromatic carbocycles. The number of ether oxygens (including phenoxy) is 1. The second kappa shape index (κ2) is 4.26. The van der Waals surface area contributed by atoms with Crippen molar-refractivity contribution in [3.05, 3.63) is 10.1 Å². The van der Waals surface area contributed by atoms with Crippen molar-refractivity contribution in [3.8, 4) is 0 Å². The van der Waals surface area contributed by atoms with Crippen LogP contribution in [-0.4, -0.2) is 24.2 Å². The highest BCUT2D eigenvalue weighted by molar-refractivity contribution is 4.34. The zero-order valence-corrected chi connectivity index (χ0v) is 5.66. The van der Waals surface area contributed by atoms with Gasteiger partial charge in [-0.1, -0.05) is 0 Å². The Morgan fingerprint density at radius 1 is 1.67 bits per heavy atom. The molecule has 4 nitrogen and oxygen atoms in total. The summed E-state index contributed by atoms with van der Waals surface area (Å²) in [5.74, 6) is 0. The number of rotatable bonds is 4. The summed E-state index contributed by atoms with van der Waals surface area (Å²) in [4.78, 5) is 9.32. The Labute approximate surface area is 54.0 Å². The van der Waals surface area contributed by atoms with Crippen LogP contribution in [-0.2, 0) is 4.74 Å². The van der Waals surface area contributed by atoms with Crippen LogP contribution < -0.4 is 0 Å². The smallest absolute Gasteiger partial charge is 0.226 e. The molecule has 0 saturated carbocycles. The van der Waals surface area contributed by atoms with Crippen molar-refractivity contribution in [2.45, 2.75) is 20.0 Å². The van der Waals surface area contributed by atoms with E-state index in [0.29, 0.717) is 0 Å². The predicted molar refractivity (Wildman–Crippen MR) is 32.9 cm³/mol. The molecular weight excluding hydrogens is 122 g/mol. The quantitative estimate of drug-likeness (QED) is 0.418. The van der Waals surface area contributed by atoms with Gasteiger partial charge in [0.15, 0.2) is 0 Å². The van der Waals surface area contributed by atoms with Crippen molar-refractivity contribution in [1.82, 2.24) is 0 Å². The molecule has 0 fully saturated rings. The van der Waals surface area contributed by atoms with Crippen LogP contribution in [0, 0.1) is 10.1 Å². The van der Waals surface area contributed by atoms with Gasteiger partial charge in [0.25, 0.3) is 0 Å². The molecule has 0 bridgehead atoms. The van der Waals surface area contributed by atoms with E-state index in [1.807, 2.05) is 13.8 Å². The van der Waals surface area contributed by atoms with Crippen LogP contribution in [0.2, 0.25) is 0 Å². The van der Waals surface area contributed by atoms with Crippen molar-refractivity contribution in [3.63, 3.8) is 0 Å². The molecule has 0 heterocycles. The van der Waals surface area contributed by atoms with E-state index in [-0.39, 0.29) is 24.2 Å². The lowest BCUT2D eigenvalue weighted by atomic mass is 10.5. The van der Waals surface area contributed by atoms with E-state index in [1.54, 1.807) is 0 Å². The summed E-state index contributed by atoms with van der Waals surface area (Å²) in [5, 5.41) is 9.71. The first-order valence-electron chi connectivity index (χ1n) is 2.86. The topological polar surface area (TPSA) is 52.4 Å². The molecule has 0 saturated heterocycles. The zero-order valence-electron chi connectivity index (χ0n) is 5.66. The normalized spacial score (nSPS) is 10.1. The van der Waals surface area contributed by atoms with Gasteiger partial charge in [-0.2, -0.15) is 0 Å². The second-order valence-electron chi connectivity index (χ2n) is 1.98. The van der Waals surface area contributed by atoms with Crippen LogP contribution in [0.4, 0.5) is 0 Å². The Hall–Kier alpha value is -0.640. The lowest BCUT2D eigenvalue weighted by Crippen LogP contribution is -2.12. The van der Waals surface area contributed by atoms with Gasteiger partial charge in [0.05, 0.1) is 6.10 Å². The van der Waals surface area contributed by atoms with Crippen molar-refractivity contribution in [2.24, 2.45) is 0 Å². The molecule has 0 aromatic rings. The molecule has 0 amide bonds. The van der Waals surface area contributed by atoms with Crippen LogP contribution in [0.15, 0.2) is 0 Å². The maximum atomic E-state index is 9.71. The van der Waals surface area contributed by atoms with E-state index < -0.39 is 0 Å². The van der Waals surface area contributed by atoms with Crippen LogP contribution in [0.3, 0.4) is 0 Å². The van der Waals surface area contributed by atoms with E-state index in [0.717, 1.165) is 0 Å². The third-order valence-electron chi connectivity index (χ3n) is 0.725. The van der Waals surface area contributed by atoms with Gasteiger partial charge in [-0.3, -0.25) is 10.1 Å². The Balaban J connectivity index is 3.01. The summed E-state index contributed by atoms with van der Waals surface area (Å²) >= 11 is 0. The second-order valence-corrected chi connectivity index (χ2v) is 1.98. The molecule has 0 aliphatic rings. The summed E-state index contributed by atoms with van der Waals surface area (Å²) in [5.41, 5.74) is 0. The van der Waals surface area contributed by atoms with Gasteiger partial charge in [0, 0.05) is 4.92 Å². The van der Waals surface area contributed by atoms with Crippen LogP contribution >= 0.6 is 0 Å². The molecule has 9 heavy (non-hydrogen) atoms. The van der Waals surface area contributed by atoms with Gasteiger partial charge in [-0.25, -0.2) is 0 Å². The molecule has 0 radical (unpaired) electrons. The summed E-state index contributed by atoms with van der Waals surface area (Å²) in [6, 6.07) is 0. The summed E-state index contributed by atoms with van der Waals surface area (Å²) < 4.78 is 4.91. The Morgan fingerprint density at radius 3 is 2.56 bits per heavy atom. The minimum atomic E-state index is -0.387. The first-order chi connectivity index (χ1) is 4.13. The minimum Gasteiger partial charge on any atom is -0.372 e. The van der Waals surface area contributed by atoms with E-state index >= 15 is 0 Å². The zero-order chi connectivity index (χ0) is 7.28. The fourth-order valence-electron chi connectivity index (χ4n) is 0.363. The highest BCUT2D eigenvalue weighted by Gasteiger charge is 1.97. The molecule has 54 valence electrons. The molecular formula is C5H11NO3. The average Bonchev–Trinajstić information content (AvgIpc) is 1.63. The van der Waals surface area contributed by atoms with Crippen LogP contribution in [0.25, 0.3) is 0 Å². The number of hydrogen-bond acceptors (Lipinski definition) is 3. The monoisotopic (exact) mass is 133 g/mol. The molecule has 0 aromatic heterocycles. The third kappa shape index (κ3) is 7.36. The third-order valence-corrected chi connectivity index (χ3v) is 0.725. The van der Waals surface area contributed by atoms with Crippen molar-refractivity contribution >= 4 is 0 Å². The molecule has 0 aliphatic carbocycles. The lowest BCUT2D eigenvalue weighted by Gasteiger charge is -2.02. The summed E-state index contributed by atoms with van der Waals surface area (Å²) in [7, 11) is 0. The molecule has 0 atom stereocenters. The minimum absolute atomic E-state index is 0.0879. The molecule has 4 heteroatoms. The van der Waals surface area contributed by atoms with Crippen LogP contribution in [0.5, 0.6) is 0 Å². The summed E-state index contributed by atoms with van der Waals surface area (Å²) in [6.45, 7) is 3.81. The van der Waals surface area contributed by atoms with E-state index in [9.17, 15) is 10.1 Å². The molecule has 0 unspecified atom stereocenters. The van der Waals surface area contributed by atoms with Gasteiger partial charge in [0.2, 0.25) is 6.54 Å². The largest absolute Gasteiger partial charge is 0.372 e. The highest BCUT2D eigenvalue weighted by Crippen LogP contribution is 1.85. The van der Waals surface area contributed by atoms with Crippen molar-refractivity contribution < 1.29 is 9.66 Å². The summed E-state index contributed by atoms with van der Waals surface area (Å²) in [6.07, 6.45) is 0.0879. The van der Waals surface area contributed by atoms with E-state index in [2.05, 4.69) is 0 Å². The van der Waals surface area contributed by atoms with Crippen molar-refractivity contribution in [2.75, 3.05) is 13.2 Å². The molecule has 0 rings (SSSR count). The lowest BCUT2D eigenvalue weighted by molar-refractivity contribution is -0.484. The maximum absolute atomic E-state index is 9.71. The fraction of sp³-hybridized carbons (Fsp3) is 1.00. The fourth-order valence-corrected chi connectivity index (χ4v) is 0.363. The van der Waals surface area contributed by atoms with Crippen LogP contribution in [0.1, 0.15) is 13.8 Å².